The average molecular weight is 261 g/mol. The van der Waals surface area contributed by atoms with E-state index in [-0.39, 0.29) is 6.61 Å². The van der Waals surface area contributed by atoms with Gasteiger partial charge in [-0.2, -0.15) is 0 Å². The molecule has 2 aromatic rings. The predicted molar refractivity (Wildman–Crippen MR) is 72.3 cm³/mol. The van der Waals surface area contributed by atoms with Crippen molar-refractivity contribution >= 4 is 0 Å². The first-order valence-corrected chi connectivity index (χ1v) is 6.44. The van der Waals surface area contributed by atoms with E-state index in [2.05, 4.69) is 16.4 Å². The summed E-state index contributed by atoms with van der Waals surface area (Å²) in [6.07, 6.45) is 4.22. The number of ether oxygens (including phenoxy) is 1. The minimum atomic E-state index is 0.178. The van der Waals surface area contributed by atoms with Crippen LogP contribution in [0.15, 0.2) is 30.5 Å². The maximum absolute atomic E-state index is 8.82. The van der Waals surface area contributed by atoms with Crippen LogP contribution in [-0.2, 0) is 17.6 Å². The van der Waals surface area contributed by atoms with Crippen molar-refractivity contribution in [1.29, 1.82) is 0 Å². The Hall–Kier alpha value is -1.72. The molecule has 5 nitrogen and oxygen atoms in total. The average Bonchev–Trinajstić information content (AvgIpc) is 2.92. The van der Waals surface area contributed by atoms with E-state index in [1.54, 1.807) is 11.8 Å². The van der Waals surface area contributed by atoms with Crippen molar-refractivity contribution < 1.29 is 9.84 Å². The number of aliphatic hydroxyl groups is 1. The maximum Gasteiger partial charge on any atom is 0.0832 e. The number of rotatable bonds is 7. The highest BCUT2D eigenvalue weighted by molar-refractivity contribution is 5.40. The smallest absolute Gasteiger partial charge is 0.0832 e. The Kier molecular flexibility index (Phi) is 5.06. The fourth-order valence-corrected chi connectivity index (χ4v) is 1.95. The fraction of sp³-hybridized carbons (Fsp3) is 0.429. The fourth-order valence-electron chi connectivity index (χ4n) is 1.95. The van der Waals surface area contributed by atoms with Crippen molar-refractivity contribution in [3.8, 4) is 5.69 Å². The van der Waals surface area contributed by atoms with Gasteiger partial charge in [0.05, 0.1) is 24.2 Å². The van der Waals surface area contributed by atoms with Crippen molar-refractivity contribution in [2.45, 2.75) is 19.3 Å². The normalized spacial score (nSPS) is 10.8. The van der Waals surface area contributed by atoms with Crippen LogP contribution in [0.1, 0.15) is 17.7 Å². The van der Waals surface area contributed by atoms with Crippen LogP contribution >= 0.6 is 0 Å². The van der Waals surface area contributed by atoms with E-state index in [0.717, 1.165) is 24.2 Å². The van der Waals surface area contributed by atoms with Gasteiger partial charge in [0.15, 0.2) is 0 Å². The van der Waals surface area contributed by atoms with Gasteiger partial charge in [0, 0.05) is 13.7 Å². The van der Waals surface area contributed by atoms with E-state index < -0.39 is 0 Å². The Morgan fingerprint density at radius 2 is 2.11 bits per heavy atom. The monoisotopic (exact) mass is 261 g/mol. The first-order chi connectivity index (χ1) is 9.35. The second-order valence-corrected chi connectivity index (χ2v) is 4.35. The molecule has 1 N–H and O–H groups in total. The minimum absolute atomic E-state index is 0.178. The molecule has 0 aliphatic carbocycles. The highest BCUT2D eigenvalue weighted by Crippen LogP contribution is 2.14. The Labute approximate surface area is 112 Å². The molecule has 0 spiro atoms. The van der Waals surface area contributed by atoms with Gasteiger partial charge in [-0.1, -0.05) is 23.4 Å². The van der Waals surface area contributed by atoms with Gasteiger partial charge in [-0.3, -0.25) is 0 Å². The Morgan fingerprint density at radius 1 is 1.26 bits per heavy atom. The van der Waals surface area contributed by atoms with E-state index in [0.29, 0.717) is 13.0 Å². The van der Waals surface area contributed by atoms with Crippen LogP contribution in [-0.4, -0.2) is 40.4 Å². The van der Waals surface area contributed by atoms with E-state index in [1.165, 1.54) is 5.56 Å². The molecule has 0 unspecified atom stereocenters. The molecular weight excluding hydrogens is 242 g/mol. The largest absolute Gasteiger partial charge is 0.396 e. The molecule has 1 aromatic heterocycles. The first kappa shape index (κ1) is 13.7. The van der Waals surface area contributed by atoms with Crippen LogP contribution in [0.25, 0.3) is 5.69 Å². The molecule has 102 valence electrons. The number of nitrogens with zero attached hydrogens (tertiary/aromatic N) is 3. The molecule has 1 heterocycles. The highest BCUT2D eigenvalue weighted by atomic mass is 16.5. The topological polar surface area (TPSA) is 60.2 Å². The Morgan fingerprint density at radius 3 is 2.89 bits per heavy atom. The second kappa shape index (κ2) is 7.01. The van der Waals surface area contributed by atoms with Crippen LogP contribution in [0.2, 0.25) is 0 Å². The summed E-state index contributed by atoms with van der Waals surface area (Å²) in [5.74, 6) is 0. The lowest BCUT2D eigenvalue weighted by Gasteiger charge is -2.07. The van der Waals surface area contributed by atoms with Gasteiger partial charge >= 0.3 is 0 Å². The number of aryl methyl sites for hydroxylation is 1. The van der Waals surface area contributed by atoms with Gasteiger partial charge in [0.25, 0.3) is 0 Å². The summed E-state index contributed by atoms with van der Waals surface area (Å²) in [7, 11) is 1.70. The van der Waals surface area contributed by atoms with Crippen LogP contribution in [0.4, 0.5) is 0 Å². The number of hydrogen-bond donors (Lipinski definition) is 1. The van der Waals surface area contributed by atoms with Crippen LogP contribution in [0.3, 0.4) is 0 Å². The number of aromatic nitrogens is 3. The number of methoxy groups -OCH3 is 1. The molecule has 0 saturated heterocycles. The molecule has 2 rings (SSSR count). The number of benzene rings is 1. The summed E-state index contributed by atoms with van der Waals surface area (Å²) in [5, 5.41) is 17.1. The third-order valence-electron chi connectivity index (χ3n) is 2.95. The molecule has 0 saturated carbocycles. The molecule has 19 heavy (non-hydrogen) atoms. The lowest BCUT2D eigenvalue weighted by molar-refractivity contribution is 0.202. The molecule has 0 atom stereocenters. The van der Waals surface area contributed by atoms with Crippen molar-refractivity contribution in [2.24, 2.45) is 0 Å². The quantitative estimate of drug-likeness (QED) is 0.818. The number of para-hydroxylation sites is 1. The van der Waals surface area contributed by atoms with E-state index >= 15 is 0 Å². The van der Waals surface area contributed by atoms with Crippen LogP contribution in [0, 0.1) is 0 Å². The molecule has 0 bridgehead atoms. The van der Waals surface area contributed by atoms with Gasteiger partial charge in [-0.05, 0) is 30.9 Å². The predicted octanol–water partition coefficient (Wildman–Crippen LogP) is 1.38. The standard InChI is InChI=1S/C14H19N3O2/c1-19-10-8-12-5-2-3-7-14(12)17-11-13(15-16-17)6-4-9-18/h2-3,5,7,11,18H,4,6,8-10H2,1H3. The summed E-state index contributed by atoms with van der Waals surface area (Å²) < 4.78 is 6.91. The Balaban J connectivity index is 2.18. The summed E-state index contributed by atoms with van der Waals surface area (Å²) in [6.45, 7) is 0.861. The molecule has 0 radical (unpaired) electrons. The van der Waals surface area contributed by atoms with E-state index in [9.17, 15) is 0 Å². The van der Waals surface area contributed by atoms with Crippen LogP contribution in [0.5, 0.6) is 0 Å². The second-order valence-electron chi connectivity index (χ2n) is 4.35. The number of aliphatic hydroxyl groups excluding tert-OH is 1. The van der Waals surface area contributed by atoms with Gasteiger partial charge in [-0.25, -0.2) is 4.68 Å². The van der Waals surface area contributed by atoms with Crippen molar-refractivity contribution in [2.75, 3.05) is 20.3 Å². The lowest BCUT2D eigenvalue weighted by Crippen LogP contribution is -2.03. The molecular formula is C14H19N3O2. The van der Waals surface area contributed by atoms with Crippen molar-refractivity contribution in [1.82, 2.24) is 15.0 Å². The third-order valence-corrected chi connectivity index (χ3v) is 2.95. The Bertz CT molecular complexity index is 511. The highest BCUT2D eigenvalue weighted by Gasteiger charge is 2.07. The molecule has 5 heteroatoms. The van der Waals surface area contributed by atoms with Gasteiger partial charge in [0.1, 0.15) is 0 Å². The third kappa shape index (κ3) is 3.62. The van der Waals surface area contributed by atoms with Crippen molar-refractivity contribution in [3.63, 3.8) is 0 Å². The van der Waals surface area contributed by atoms with Crippen molar-refractivity contribution in [3.05, 3.63) is 41.7 Å². The molecule has 1 aromatic carbocycles. The summed E-state index contributed by atoms with van der Waals surface area (Å²) in [5.41, 5.74) is 3.11. The van der Waals surface area contributed by atoms with E-state index in [4.69, 9.17) is 9.84 Å². The summed E-state index contributed by atoms with van der Waals surface area (Å²) in [4.78, 5) is 0. The molecule has 0 fully saturated rings. The zero-order valence-electron chi connectivity index (χ0n) is 11.1. The van der Waals surface area contributed by atoms with E-state index in [1.807, 2.05) is 24.4 Å². The minimum Gasteiger partial charge on any atom is -0.396 e. The van der Waals surface area contributed by atoms with Gasteiger partial charge in [-0.15, -0.1) is 5.10 Å². The van der Waals surface area contributed by atoms with Gasteiger partial charge < -0.3 is 9.84 Å². The summed E-state index contributed by atoms with van der Waals surface area (Å²) >= 11 is 0. The molecule has 0 aliphatic rings. The maximum atomic E-state index is 8.82. The summed E-state index contributed by atoms with van der Waals surface area (Å²) in [6, 6.07) is 8.09. The lowest BCUT2D eigenvalue weighted by atomic mass is 10.1. The van der Waals surface area contributed by atoms with Crippen LogP contribution < -0.4 is 0 Å². The van der Waals surface area contributed by atoms with Gasteiger partial charge in [0.2, 0.25) is 0 Å². The number of hydrogen-bond acceptors (Lipinski definition) is 4. The SMILES string of the molecule is COCCc1ccccc1-n1cc(CCCO)nn1. The molecule has 0 aliphatic heterocycles. The zero-order chi connectivity index (χ0) is 13.5. The molecule has 0 amide bonds. The zero-order valence-corrected chi connectivity index (χ0v) is 11.1. The first-order valence-electron chi connectivity index (χ1n) is 6.44.